The molecule has 1 saturated heterocycles. The summed E-state index contributed by atoms with van der Waals surface area (Å²) in [6.07, 6.45) is 8.67. The highest BCUT2D eigenvalue weighted by Gasteiger charge is 2.46. The Balaban J connectivity index is 1.63. The fourth-order valence-corrected chi connectivity index (χ4v) is 3.89. The van der Waals surface area contributed by atoms with Gasteiger partial charge in [0.1, 0.15) is 0 Å². The Morgan fingerprint density at radius 2 is 2.00 bits per heavy atom. The molecule has 2 saturated carbocycles. The summed E-state index contributed by atoms with van der Waals surface area (Å²) in [7, 11) is 0. The predicted octanol–water partition coefficient (Wildman–Crippen LogP) is 3.28. The van der Waals surface area contributed by atoms with E-state index in [1.807, 2.05) is 0 Å². The molecule has 3 fully saturated rings. The summed E-state index contributed by atoms with van der Waals surface area (Å²) in [4.78, 5) is 2.85. The second-order valence-corrected chi connectivity index (χ2v) is 7.73. The van der Waals surface area contributed by atoms with Crippen LogP contribution in [0.15, 0.2) is 0 Å². The second kappa shape index (κ2) is 5.37. The molecule has 19 heavy (non-hydrogen) atoms. The summed E-state index contributed by atoms with van der Waals surface area (Å²) in [6, 6.07) is 0.774. The molecule has 2 aliphatic carbocycles. The lowest BCUT2D eigenvalue weighted by molar-refractivity contribution is 0.0455. The van der Waals surface area contributed by atoms with Crippen molar-refractivity contribution in [3.05, 3.63) is 0 Å². The summed E-state index contributed by atoms with van der Waals surface area (Å²) < 4.78 is 0. The topological polar surface area (TPSA) is 15.3 Å². The first-order valence-electron chi connectivity index (χ1n) is 8.61. The molecule has 1 N–H and O–H groups in total. The minimum absolute atomic E-state index is 0.410. The van der Waals surface area contributed by atoms with Crippen LogP contribution in [0.2, 0.25) is 0 Å². The zero-order chi connectivity index (χ0) is 13.5. The minimum atomic E-state index is 0.410. The van der Waals surface area contributed by atoms with Gasteiger partial charge in [0.25, 0.3) is 0 Å². The van der Waals surface area contributed by atoms with E-state index in [-0.39, 0.29) is 0 Å². The first-order chi connectivity index (χ1) is 9.12. The summed E-state index contributed by atoms with van der Waals surface area (Å²) in [5.74, 6) is 2.85. The van der Waals surface area contributed by atoms with Crippen LogP contribution < -0.4 is 5.32 Å². The molecule has 2 nitrogen and oxygen atoms in total. The average molecular weight is 264 g/mol. The van der Waals surface area contributed by atoms with Gasteiger partial charge in [0.15, 0.2) is 0 Å². The molecule has 3 rings (SSSR count). The smallest absolute Gasteiger partial charge is 0.0309 e. The number of hydrogen-bond acceptors (Lipinski definition) is 2. The summed E-state index contributed by atoms with van der Waals surface area (Å²) >= 11 is 0. The molecule has 1 aliphatic heterocycles. The van der Waals surface area contributed by atoms with Crippen molar-refractivity contribution in [3.63, 3.8) is 0 Å². The van der Waals surface area contributed by atoms with Crippen LogP contribution in [0.3, 0.4) is 0 Å². The van der Waals surface area contributed by atoms with Crippen LogP contribution in [0, 0.1) is 17.8 Å². The van der Waals surface area contributed by atoms with Crippen molar-refractivity contribution in [1.82, 2.24) is 10.2 Å². The number of piperazine rings is 1. The lowest BCUT2D eigenvalue weighted by Crippen LogP contribution is -2.65. The maximum absolute atomic E-state index is 3.91. The van der Waals surface area contributed by atoms with Crippen LogP contribution in [-0.4, -0.2) is 36.1 Å². The molecule has 3 atom stereocenters. The van der Waals surface area contributed by atoms with Gasteiger partial charge in [-0.2, -0.15) is 0 Å². The maximum atomic E-state index is 3.91. The molecular weight excluding hydrogens is 232 g/mol. The quantitative estimate of drug-likeness (QED) is 0.792. The van der Waals surface area contributed by atoms with Gasteiger partial charge in [0, 0.05) is 24.7 Å². The molecule has 0 aromatic rings. The Morgan fingerprint density at radius 1 is 1.26 bits per heavy atom. The Morgan fingerprint density at radius 3 is 2.58 bits per heavy atom. The van der Waals surface area contributed by atoms with Crippen LogP contribution in [0.5, 0.6) is 0 Å². The largest absolute Gasteiger partial charge is 0.308 e. The van der Waals surface area contributed by atoms with Gasteiger partial charge < -0.3 is 5.32 Å². The molecule has 3 unspecified atom stereocenters. The van der Waals surface area contributed by atoms with Gasteiger partial charge >= 0.3 is 0 Å². The number of rotatable bonds is 6. The third-order valence-electron chi connectivity index (χ3n) is 6.02. The Labute approximate surface area is 119 Å². The maximum Gasteiger partial charge on any atom is 0.0309 e. The molecule has 0 radical (unpaired) electrons. The Bertz CT molecular complexity index is 308. The molecule has 3 aliphatic rings. The highest BCUT2D eigenvalue weighted by molar-refractivity contribution is 5.04. The van der Waals surface area contributed by atoms with Gasteiger partial charge in [-0.1, -0.05) is 33.1 Å². The molecule has 0 amide bonds. The van der Waals surface area contributed by atoms with Gasteiger partial charge in [0.05, 0.1) is 0 Å². The van der Waals surface area contributed by atoms with Crippen LogP contribution in [-0.2, 0) is 0 Å². The monoisotopic (exact) mass is 264 g/mol. The lowest BCUT2D eigenvalue weighted by Gasteiger charge is -2.48. The average Bonchev–Trinajstić information content (AvgIpc) is 3.29. The van der Waals surface area contributed by atoms with E-state index in [0.29, 0.717) is 5.54 Å². The number of nitrogens with zero attached hydrogens (tertiary/aromatic N) is 1. The van der Waals surface area contributed by atoms with Crippen LogP contribution in [0.4, 0.5) is 0 Å². The van der Waals surface area contributed by atoms with Crippen molar-refractivity contribution in [2.24, 2.45) is 17.8 Å². The Hall–Kier alpha value is -0.0800. The molecule has 0 bridgehead atoms. The SMILES string of the molecule is CCC(C)C1CNC(C)(C2CC2)CN1CCC1CC1. The van der Waals surface area contributed by atoms with Crippen molar-refractivity contribution in [2.45, 2.75) is 70.9 Å². The van der Waals surface area contributed by atoms with Crippen molar-refractivity contribution >= 4 is 0 Å². The molecule has 2 heteroatoms. The fraction of sp³-hybridized carbons (Fsp3) is 1.00. The normalized spacial score (nSPS) is 38.4. The molecule has 0 spiro atoms. The summed E-state index contributed by atoms with van der Waals surface area (Å²) in [6.45, 7) is 11.1. The van der Waals surface area contributed by atoms with Crippen LogP contribution >= 0.6 is 0 Å². The Kier molecular flexibility index (Phi) is 3.92. The minimum Gasteiger partial charge on any atom is -0.308 e. The van der Waals surface area contributed by atoms with E-state index >= 15 is 0 Å². The first-order valence-corrected chi connectivity index (χ1v) is 8.61. The van der Waals surface area contributed by atoms with Crippen molar-refractivity contribution in [3.8, 4) is 0 Å². The van der Waals surface area contributed by atoms with Gasteiger partial charge in [-0.05, 0) is 50.5 Å². The van der Waals surface area contributed by atoms with E-state index < -0.39 is 0 Å². The van der Waals surface area contributed by atoms with E-state index in [4.69, 9.17) is 0 Å². The van der Waals surface area contributed by atoms with Gasteiger partial charge in [-0.3, -0.25) is 4.90 Å². The number of nitrogens with one attached hydrogen (secondary N) is 1. The zero-order valence-corrected chi connectivity index (χ0v) is 13.1. The standard InChI is InChI=1S/C17H32N2/c1-4-13(2)16-11-18-17(3,15-7-8-15)12-19(16)10-9-14-5-6-14/h13-16,18H,4-12H2,1-3H3. The third kappa shape index (κ3) is 3.16. The molecule has 1 heterocycles. The summed E-state index contributed by atoms with van der Waals surface area (Å²) in [5.41, 5.74) is 0.410. The van der Waals surface area contributed by atoms with E-state index in [1.54, 1.807) is 0 Å². The second-order valence-electron chi connectivity index (χ2n) is 7.73. The van der Waals surface area contributed by atoms with E-state index in [0.717, 1.165) is 23.8 Å². The van der Waals surface area contributed by atoms with Gasteiger partial charge in [-0.25, -0.2) is 0 Å². The molecular formula is C17H32N2. The van der Waals surface area contributed by atoms with Crippen LogP contribution in [0.25, 0.3) is 0 Å². The van der Waals surface area contributed by atoms with Crippen LogP contribution in [0.1, 0.15) is 59.3 Å². The van der Waals surface area contributed by atoms with Gasteiger partial charge in [-0.15, -0.1) is 0 Å². The predicted molar refractivity (Wildman–Crippen MR) is 81.3 cm³/mol. The highest BCUT2D eigenvalue weighted by Crippen LogP contribution is 2.42. The summed E-state index contributed by atoms with van der Waals surface area (Å²) in [5, 5.41) is 3.91. The van der Waals surface area contributed by atoms with E-state index in [2.05, 4.69) is 31.0 Å². The van der Waals surface area contributed by atoms with Crippen molar-refractivity contribution < 1.29 is 0 Å². The number of hydrogen-bond donors (Lipinski definition) is 1. The van der Waals surface area contributed by atoms with E-state index in [9.17, 15) is 0 Å². The molecule has 110 valence electrons. The fourth-order valence-electron chi connectivity index (χ4n) is 3.89. The highest BCUT2D eigenvalue weighted by atomic mass is 15.3. The van der Waals surface area contributed by atoms with Crippen molar-refractivity contribution in [2.75, 3.05) is 19.6 Å². The third-order valence-corrected chi connectivity index (χ3v) is 6.02. The lowest BCUT2D eigenvalue weighted by atomic mass is 9.86. The first kappa shape index (κ1) is 13.9. The molecule has 0 aromatic heterocycles. The van der Waals surface area contributed by atoms with Crippen molar-refractivity contribution in [1.29, 1.82) is 0 Å². The molecule has 0 aromatic carbocycles. The van der Waals surface area contributed by atoms with Gasteiger partial charge in [0.2, 0.25) is 0 Å². The zero-order valence-electron chi connectivity index (χ0n) is 13.1. The van der Waals surface area contributed by atoms with E-state index in [1.165, 1.54) is 58.2 Å².